The summed E-state index contributed by atoms with van der Waals surface area (Å²) in [6, 6.07) is 3.54. The molecule has 0 bridgehead atoms. The van der Waals surface area contributed by atoms with Gasteiger partial charge in [0.1, 0.15) is 4.38 Å². The molecule has 1 amide bonds. The minimum atomic E-state index is -0.130. The second kappa shape index (κ2) is 6.88. The maximum atomic E-state index is 11.9. The molecule has 0 aromatic heterocycles. The molecule has 3 nitrogen and oxygen atoms in total. The van der Waals surface area contributed by atoms with Gasteiger partial charge in [-0.15, -0.1) is 0 Å². The van der Waals surface area contributed by atoms with Crippen LogP contribution in [0.5, 0.6) is 0 Å². The summed E-state index contributed by atoms with van der Waals surface area (Å²) in [5, 5.41) is 3.69. The second-order valence-electron chi connectivity index (χ2n) is 3.89. The summed E-state index contributed by atoms with van der Waals surface area (Å²) in [5.74, 6) is 1.18. The van der Waals surface area contributed by atoms with E-state index in [1.165, 1.54) is 11.8 Å². The highest BCUT2D eigenvalue weighted by atomic mass is 35.5. The standard InChI is InChI=1S/C12H12Cl2N2OS2/c1-7-2-3-8(13)11(10(7)14)16-9(17)6-19-12-15-4-5-18-12/h2-3H,4-6H2,1H3,(H,16,17). The van der Waals surface area contributed by atoms with E-state index in [4.69, 9.17) is 23.2 Å². The fourth-order valence-corrected chi connectivity index (χ4v) is 3.75. The summed E-state index contributed by atoms with van der Waals surface area (Å²) in [7, 11) is 0. The molecule has 0 saturated heterocycles. The van der Waals surface area contributed by atoms with E-state index in [0.717, 1.165) is 22.2 Å². The van der Waals surface area contributed by atoms with Crippen LogP contribution in [-0.2, 0) is 4.79 Å². The Hall–Kier alpha value is -0.360. The highest BCUT2D eigenvalue weighted by molar-refractivity contribution is 8.39. The van der Waals surface area contributed by atoms with Crippen LogP contribution in [0.25, 0.3) is 0 Å². The quantitative estimate of drug-likeness (QED) is 0.905. The van der Waals surface area contributed by atoms with Crippen LogP contribution >= 0.6 is 46.7 Å². The SMILES string of the molecule is Cc1ccc(Cl)c(NC(=O)CSC2=NCCS2)c1Cl. The Morgan fingerprint density at radius 3 is 3.00 bits per heavy atom. The van der Waals surface area contributed by atoms with Gasteiger partial charge in [0.05, 0.1) is 28.0 Å². The molecule has 1 N–H and O–H groups in total. The van der Waals surface area contributed by atoms with E-state index in [-0.39, 0.29) is 5.91 Å². The van der Waals surface area contributed by atoms with Gasteiger partial charge in [0, 0.05) is 5.75 Å². The van der Waals surface area contributed by atoms with Gasteiger partial charge in [-0.05, 0) is 18.6 Å². The van der Waals surface area contributed by atoms with Gasteiger partial charge in [-0.2, -0.15) is 0 Å². The first-order chi connectivity index (χ1) is 9.08. The molecule has 1 aliphatic heterocycles. The van der Waals surface area contributed by atoms with Gasteiger partial charge in [0.25, 0.3) is 0 Å². The first-order valence-electron chi connectivity index (χ1n) is 5.62. The Morgan fingerprint density at radius 1 is 1.53 bits per heavy atom. The van der Waals surface area contributed by atoms with Gasteiger partial charge in [0.2, 0.25) is 5.91 Å². The number of rotatable bonds is 3. The van der Waals surface area contributed by atoms with Crippen molar-refractivity contribution in [3.63, 3.8) is 0 Å². The van der Waals surface area contributed by atoms with E-state index in [2.05, 4.69) is 10.3 Å². The summed E-state index contributed by atoms with van der Waals surface area (Å²) in [5.41, 5.74) is 1.36. The number of hydrogen-bond donors (Lipinski definition) is 1. The Morgan fingerprint density at radius 2 is 2.32 bits per heavy atom. The molecule has 0 saturated carbocycles. The van der Waals surface area contributed by atoms with E-state index in [0.29, 0.717) is 21.5 Å². The van der Waals surface area contributed by atoms with Crippen molar-refractivity contribution in [2.75, 3.05) is 23.4 Å². The van der Waals surface area contributed by atoms with Crippen LogP contribution in [0.3, 0.4) is 0 Å². The molecule has 19 heavy (non-hydrogen) atoms. The Kier molecular flexibility index (Phi) is 5.45. The van der Waals surface area contributed by atoms with E-state index >= 15 is 0 Å². The van der Waals surface area contributed by atoms with Crippen LogP contribution in [0.2, 0.25) is 10.0 Å². The average molecular weight is 335 g/mol. The summed E-state index contributed by atoms with van der Waals surface area (Å²) in [6.07, 6.45) is 0. The largest absolute Gasteiger partial charge is 0.323 e. The van der Waals surface area contributed by atoms with Gasteiger partial charge >= 0.3 is 0 Å². The van der Waals surface area contributed by atoms with Crippen LogP contribution in [0.4, 0.5) is 5.69 Å². The number of benzene rings is 1. The van der Waals surface area contributed by atoms with Crippen molar-refractivity contribution in [3.05, 3.63) is 27.7 Å². The predicted octanol–water partition coefficient (Wildman–Crippen LogP) is 4.08. The second-order valence-corrected chi connectivity index (χ2v) is 6.98. The molecule has 7 heteroatoms. The van der Waals surface area contributed by atoms with Crippen molar-refractivity contribution in [2.45, 2.75) is 6.92 Å². The first-order valence-corrected chi connectivity index (χ1v) is 8.35. The lowest BCUT2D eigenvalue weighted by Crippen LogP contribution is -2.15. The third kappa shape index (κ3) is 4.05. The maximum absolute atomic E-state index is 11.9. The van der Waals surface area contributed by atoms with Gasteiger partial charge < -0.3 is 5.32 Å². The minimum absolute atomic E-state index is 0.130. The van der Waals surface area contributed by atoms with E-state index in [9.17, 15) is 4.79 Å². The highest BCUT2D eigenvalue weighted by Crippen LogP contribution is 2.33. The normalized spacial score (nSPS) is 14.4. The number of hydrogen-bond acceptors (Lipinski definition) is 4. The average Bonchev–Trinajstić information content (AvgIpc) is 2.90. The fraction of sp³-hybridized carbons (Fsp3) is 0.333. The van der Waals surface area contributed by atoms with Crippen molar-refractivity contribution in [3.8, 4) is 0 Å². The maximum Gasteiger partial charge on any atom is 0.234 e. The zero-order valence-corrected chi connectivity index (χ0v) is 13.3. The Balaban J connectivity index is 1.97. The fourth-order valence-electron chi connectivity index (χ4n) is 1.48. The molecular weight excluding hydrogens is 323 g/mol. The minimum Gasteiger partial charge on any atom is -0.323 e. The van der Waals surface area contributed by atoms with Crippen molar-refractivity contribution >= 4 is 62.7 Å². The van der Waals surface area contributed by atoms with E-state index in [1.807, 2.05) is 13.0 Å². The number of anilines is 1. The number of halogens is 2. The molecule has 1 aromatic rings. The number of nitrogens with one attached hydrogen (secondary N) is 1. The predicted molar refractivity (Wildman–Crippen MR) is 87.0 cm³/mol. The zero-order chi connectivity index (χ0) is 13.8. The lowest BCUT2D eigenvalue weighted by Gasteiger charge is -2.10. The van der Waals surface area contributed by atoms with Crippen LogP contribution in [0.15, 0.2) is 17.1 Å². The Bertz CT molecular complexity index is 535. The zero-order valence-electron chi connectivity index (χ0n) is 10.2. The first kappa shape index (κ1) is 15.0. The number of aryl methyl sites for hydroxylation is 1. The molecule has 0 aliphatic carbocycles. The van der Waals surface area contributed by atoms with Crippen molar-refractivity contribution in [1.29, 1.82) is 0 Å². The molecule has 0 atom stereocenters. The number of carbonyl (C=O) groups excluding carboxylic acids is 1. The van der Waals surface area contributed by atoms with Gasteiger partial charge in [-0.1, -0.05) is 52.8 Å². The summed E-state index contributed by atoms with van der Waals surface area (Å²) >= 11 is 15.3. The molecule has 0 radical (unpaired) electrons. The summed E-state index contributed by atoms with van der Waals surface area (Å²) < 4.78 is 0.969. The van der Waals surface area contributed by atoms with Gasteiger partial charge in [0.15, 0.2) is 0 Å². The molecule has 1 heterocycles. The molecule has 2 rings (SSSR count). The number of thioether (sulfide) groups is 2. The monoisotopic (exact) mass is 334 g/mol. The van der Waals surface area contributed by atoms with Crippen LogP contribution in [0, 0.1) is 6.92 Å². The van der Waals surface area contributed by atoms with Crippen molar-refractivity contribution < 1.29 is 4.79 Å². The molecule has 1 aliphatic rings. The lowest BCUT2D eigenvalue weighted by atomic mass is 10.2. The summed E-state index contributed by atoms with van der Waals surface area (Å²) in [4.78, 5) is 16.1. The highest BCUT2D eigenvalue weighted by Gasteiger charge is 2.14. The Labute approximate surface area is 130 Å². The number of aliphatic imine (C=N–C) groups is 1. The molecule has 0 unspecified atom stereocenters. The van der Waals surface area contributed by atoms with Crippen LogP contribution in [0.1, 0.15) is 5.56 Å². The number of nitrogens with zero attached hydrogens (tertiary/aromatic N) is 1. The smallest absolute Gasteiger partial charge is 0.234 e. The lowest BCUT2D eigenvalue weighted by molar-refractivity contribution is -0.113. The third-order valence-corrected chi connectivity index (χ3v) is 5.49. The van der Waals surface area contributed by atoms with E-state index < -0.39 is 0 Å². The van der Waals surface area contributed by atoms with E-state index in [1.54, 1.807) is 17.8 Å². The van der Waals surface area contributed by atoms with Crippen LogP contribution in [-0.4, -0.2) is 28.3 Å². The van der Waals surface area contributed by atoms with Crippen molar-refractivity contribution in [1.82, 2.24) is 0 Å². The number of carbonyl (C=O) groups is 1. The summed E-state index contributed by atoms with van der Waals surface area (Å²) in [6.45, 7) is 2.71. The number of amides is 1. The molecular formula is C12H12Cl2N2OS2. The third-order valence-electron chi connectivity index (χ3n) is 2.43. The topological polar surface area (TPSA) is 41.5 Å². The molecule has 102 valence electrons. The molecule has 0 spiro atoms. The van der Waals surface area contributed by atoms with Gasteiger partial charge in [-0.25, -0.2) is 0 Å². The van der Waals surface area contributed by atoms with Gasteiger partial charge in [-0.3, -0.25) is 9.79 Å². The van der Waals surface area contributed by atoms with Crippen molar-refractivity contribution in [2.24, 2.45) is 4.99 Å². The molecule has 0 fully saturated rings. The van der Waals surface area contributed by atoms with Crippen LogP contribution < -0.4 is 5.32 Å². The molecule has 1 aromatic carbocycles.